The first-order valence-electron chi connectivity index (χ1n) is 8.45. The number of carbonyl (C=O) groups is 1. The van der Waals surface area contributed by atoms with Gasteiger partial charge in [-0.25, -0.2) is 4.79 Å². The summed E-state index contributed by atoms with van der Waals surface area (Å²) in [7, 11) is 0. The number of rotatable bonds is 11. The summed E-state index contributed by atoms with van der Waals surface area (Å²) in [5.41, 5.74) is 9.56. The summed E-state index contributed by atoms with van der Waals surface area (Å²) < 4.78 is 0. The Hall–Kier alpha value is -1.26. The molecule has 0 aromatic rings. The van der Waals surface area contributed by atoms with E-state index in [1.807, 2.05) is 13.8 Å². The van der Waals surface area contributed by atoms with Gasteiger partial charge in [0, 0.05) is 0 Å². The Balaban J connectivity index is 4.27. The fraction of sp³-hybridized carbons (Fsp3) is 0.882. The molecule has 5 heteroatoms. The Kier molecular flexibility index (Phi) is 9.14. The lowest BCUT2D eigenvalue weighted by molar-refractivity contribution is -0.161. The van der Waals surface area contributed by atoms with Gasteiger partial charge in [-0.05, 0) is 30.8 Å². The van der Waals surface area contributed by atoms with E-state index in [1.54, 1.807) is 0 Å². The molecule has 22 heavy (non-hydrogen) atoms. The molecular formula is C17H35N3O2. The van der Waals surface area contributed by atoms with E-state index in [-0.39, 0.29) is 11.4 Å². The van der Waals surface area contributed by atoms with Crippen molar-refractivity contribution in [3.63, 3.8) is 0 Å². The van der Waals surface area contributed by atoms with Crippen molar-refractivity contribution in [1.29, 1.82) is 0 Å². The Morgan fingerprint density at radius 2 is 1.45 bits per heavy atom. The van der Waals surface area contributed by atoms with Crippen molar-refractivity contribution in [2.75, 3.05) is 0 Å². The van der Waals surface area contributed by atoms with E-state index < -0.39 is 11.4 Å². The Morgan fingerprint density at radius 3 is 1.95 bits per heavy atom. The highest BCUT2D eigenvalue weighted by Gasteiger charge is 2.44. The monoisotopic (exact) mass is 313 g/mol. The van der Waals surface area contributed by atoms with E-state index in [0.29, 0.717) is 0 Å². The molecule has 0 unspecified atom stereocenters. The molecule has 0 radical (unpaired) electrons. The van der Waals surface area contributed by atoms with E-state index >= 15 is 0 Å². The summed E-state index contributed by atoms with van der Waals surface area (Å²) in [6, 6.07) is 0. The molecule has 4 N–H and O–H groups in total. The Labute approximate surface area is 135 Å². The van der Waals surface area contributed by atoms with Gasteiger partial charge in [0.2, 0.25) is 5.96 Å². The summed E-state index contributed by atoms with van der Waals surface area (Å²) in [5, 5.41) is 3.37. The zero-order valence-electron chi connectivity index (χ0n) is 15.1. The second-order valence-corrected chi connectivity index (χ2v) is 7.28. The molecule has 0 saturated carbocycles. The maximum absolute atomic E-state index is 12.2. The van der Waals surface area contributed by atoms with Crippen molar-refractivity contribution >= 4 is 11.9 Å². The molecule has 130 valence electrons. The molecule has 5 nitrogen and oxygen atoms in total. The van der Waals surface area contributed by atoms with Gasteiger partial charge in [0.05, 0.1) is 5.41 Å². The topological polar surface area (TPSA) is 90.7 Å². The lowest BCUT2D eigenvalue weighted by Crippen LogP contribution is -2.40. The molecule has 0 rings (SSSR count). The van der Waals surface area contributed by atoms with Crippen LogP contribution in [-0.4, -0.2) is 11.9 Å². The van der Waals surface area contributed by atoms with Gasteiger partial charge in [0.25, 0.3) is 0 Å². The molecule has 0 amide bonds. The summed E-state index contributed by atoms with van der Waals surface area (Å²) >= 11 is 0. The number of hydrogen-bond acceptors (Lipinski definition) is 3. The predicted molar refractivity (Wildman–Crippen MR) is 92.1 cm³/mol. The third kappa shape index (κ3) is 7.14. The predicted octanol–water partition coefficient (Wildman–Crippen LogP) is 3.91. The highest BCUT2D eigenvalue weighted by atomic mass is 16.7. The Morgan fingerprint density at radius 1 is 0.955 bits per heavy atom. The van der Waals surface area contributed by atoms with Crippen molar-refractivity contribution in [2.45, 2.75) is 86.0 Å². The Bertz CT molecular complexity index is 359. The third-order valence-corrected chi connectivity index (χ3v) is 4.84. The van der Waals surface area contributed by atoms with E-state index in [0.717, 1.165) is 12.8 Å². The number of unbranched alkanes of at least 4 members (excludes halogenated alkanes) is 6. The number of oxime groups is 1. The molecule has 0 saturated heterocycles. The van der Waals surface area contributed by atoms with Crippen LogP contribution in [0.3, 0.4) is 0 Å². The molecule has 0 aromatic carbocycles. The van der Waals surface area contributed by atoms with Gasteiger partial charge in [-0.2, -0.15) is 0 Å². The molecule has 0 fully saturated rings. The largest absolute Gasteiger partial charge is 0.367 e. The molecule has 0 aromatic heterocycles. The molecule has 0 aliphatic heterocycles. The van der Waals surface area contributed by atoms with Crippen molar-refractivity contribution in [3.8, 4) is 0 Å². The highest BCUT2D eigenvalue weighted by Crippen LogP contribution is 2.43. The minimum Gasteiger partial charge on any atom is -0.367 e. The van der Waals surface area contributed by atoms with Crippen molar-refractivity contribution in [2.24, 2.45) is 27.5 Å². The third-order valence-electron chi connectivity index (χ3n) is 4.84. The minimum atomic E-state index is -0.645. The van der Waals surface area contributed by atoms with Gasteiger partial charge in [-0.1, -0.05) is 65.7 Å². The van der Waals surface area contributed by atoms with Gasteiger partial charge in [-0.3, -0.25) is 0 Å². The van der Waals surface area contributed by atoms with Crippen LogP contribution < -0.4 is 11.5 Å². The fourth-order valence-corrected chi connectivity index (χ4v) is 2.32. The maximum atomic E-state index is 12.2. The first-order valence-corrected chi connectivity index (χ1v) is 8.45. The van der Waals surface area contributed by atoms with Crippen LogP contribution in [0, 0.1) is 10.8 Å². The average Bonchev–Trinajstić information content (AvgIpc) is 2.43. The van der Waals surface area contributed by atoms with E-state index in [2.05, 4.69) is 25.9 Å². The summed E-state index contributed by atoms with van der Waals surface area (Å²) in [5.74, 6) is -0.636. The maximum Gasteiger partial charge on any atom is 0.341 e. The molecule has 0 atom stereocenters. The molecule has 0 spiro atoms. The smallest absolute Gasteiger partial charge is 0.341 e. The van der Waals surface area contributed by atoms with Gasteiger partial charge in [0.15, 0.2) is 0 Å². The molecule has 0 aliphatic rings. The summed E-state index contributed by atoms with van der Waals surface area (Å²) in [4.78, 5) is 17.0. The average molecular weight is 313 g/mol. The summed E-state index contributed by atoms with van der Waals surface area (Å²) in [6.07, 6.45) is 9.83. The van der Waals surface area contributed by atoms with Crippen molar-refractivity contribution < 1.29 is 9.63 Å². The zero-order valence-corrected chi connectivity index (χ0v) is 15.1. The van der Waals surface area contributed by atoms with Crippen LogP contribution in [0.15, 0.2) is 5.16 Å². The van der Waals surface area contributed by atoms with Crippen LogP contribution in [0.4, 0.5) is 0 Å². The highest BCUT2D eigenvalue weighted by molar-refractivity contribution is 5.79. The van der Waals surface area contributed by atoms with Gasteiger partial charge in [-0.15, -0.1) is 0 Å². The normalized spacial score (nSPS) is 12.0. The van der Waals surface area contributed by atoms with Crippen LogP contribution in [0.1, 0.15) is 86.0 Å². The van der Waals surface area contributed by atoms with Crippen molar-refractivity contribution in [1.82, 2.24) is 0 Å². The standard InChI is InChI=1S/C17H35N3O2/c1-6-7-8-9-10-11-12-13-16(2,3)17(4,5)14(21)22-20-15(18)19/h6-13H2,1-5H3,(H4,18,19,20). The van der Waals surface area contributed by atoms with Crippen LogP contribution in [0.25, 0.3) is 0 Å². The minimum absolute atomic E-state index is 0.174. The fourth-order valence-electron chi connectivity index (χ4n) is 2.32. The van der Waals surface area contributed by atoms with Gasteiger partial charge >= 0.3 is 5.97 Å². The van der Waals surface area contributed by atoms with Gasteiger partial charge < -0.3 is 16.3 Å². The quantitative estimate of drug-likeness (QED) is 0.199. The lowest BCUT2D eigenvalue weighted by Gasteiger charge is -2.38. The van der Waals surface area contributed by atoms with Crippen LogP contribution in [0.2, 0.25) is 0 Å². The van der Waals surface area contributed by atoms with Gasteiger partial charge in [0.1, 0.15) is 0 Å². The zero-order chi connectivity index (χ0) is 17.2. The summed E-state index contributed by atoms with van der Waals surface area (Å²) in [6.45, 7) is 10.2. The molecular weight excluding hydrogens is 278 g/mol. The second kappa shape index (κ2) is 9.70. The van der Waals surface area contributed by atoms with Crippen LogP contribution in [-0.2, 0) is 9.63 Å². The molecule has 0 aliphatic carbocycles. The van der Waals surface area contributed by atoms with Crippen LogP contribution >= 0.6 is 0 Å². The lowest BCUT2D eigenvalue weighted by atomic mass is 9.65. The number of nitrogens with two attached hydrogens (primary N) is 2. The SMILES string of the molecule is CCCCCCCCCC(C)(C)C(C)(C)C(=O)ON=C(N)N. The number of nitrogens with zero attached hydrogens (tertiary/aromatic N) is 1. The first kappa shape index (κ1) is 20.7. The number of hydrogen-bond donors (Lipinski definition) is 2. The van der Waals surface area contributed by atoms with E-state index in [9.17, 15) is 4.79 Å². The molecule has 0 bridgehead atoms. The number of carbonyl (C=O) groups excluding carboxylic acids is 1. The van der Waals surface area contributed by atoms with Crippen LogP contribution in [0.5, 0.6) is 0 Å². The first-order chi connectivity index (χ1) is 10.1. The van der Waals surface area contributed by atoms with E-state index in [4.69, 9.17) is 16.3 Å². The molecule has 0 heterocycles. The van der Waals surface area contributed by atoms with Crippen molar-refractivity contribution in [3.05, 3.63) is 0 Å². The van der Waals surface area contributed by atoms with E-state index in [1.165, 1.54) is 38.5 Å². The number of guanidine groups is 1. The second-order valence-electron chi connectivity index (χ2n) is 7.28.